The van der Waals surface area contributed by atoms with Gasteiger partial charge in [0, 0.05) is 23.8 Å². The number of thioether (sulfide) groups is 1. The lowest BCUT2D eigenvalue weighted by Gasteiger charge is -2.17. The minimum absolute atomic E-state index is 0.00400. The average molecular weight is 466 g/mol. The Morgan fingerprint density at radius 1 is 1.18 bits per heavy atom. The Morgan fingerprint density at radius 2 is 1.97 bits per heavy atom. The molecule has 33 heavy (non-hydrogen) atoms. The molecular formula is C25H27N3O4S. The summed E-state index contributed by atoms with van der Waals surface area (Å²) < 4.78 is 7.35. The van der Waals surface area contributed by atoms with Crippen LogP contribution in [-0.4, -0.2) is 45.7 Å². The second-order valence-corrected chi connectivity index (χ2v) is 9.33. The van der Waals surface area contributed by atoms with Crippen LogP contribution in [0.15, 0.2) is 58.5 Å². The Balaban J connectivity index is 1.69. The largest absolute Gasteiger partial charge is 0.376 e. The lowest BCUT2D eigenvalue weighted by atomic mass is 10.1. The number of nitrogens with one attached hydrogen (secondary N) is 1. The van der Waals surface area contributed by atoms with Gasteiger partial charge in [-0.15, -0.1) is 0 Å². The molecule has 1 atom stereocenters. The number of aromatic nitrogens is 2. The number of hydrogen-bond donors (Lipinski definition) is 1. The molecule has 0 radical (unpaired) electrons. The standard InChI is InChI=1S/C25H27N3O4S/c1-16(2)26-23(30)18-10-11-20-21(13-18)27-25(28(24(20)31)14-19-9-6-12-32-19)33-15-22(29)17-7-4-3-5-8-17/h3-5,7-8,10-11,13,16,19H,6,9,12,14-15H2,1-2H3,(H,26,30)/t19-/m0/s1. The molecule has 1 saturated heterocycles. The van der Waals surface area contributed by atoms with Crippen LogP contribution in [0.3, 0.4) is 0 Å². The second-order valence-electron chi connectivity index (χ2n) is 8.38. The molecule has 0 unspecified atom stereocenters. The summed E-state index contributed by atoms with van der Waals surface area (Å²) in [5, 5.41) is 3.74. The van der Waals surface area contributed by atoms with Gasteiger partial charge in [-0.3, -0.25) is 19.0 Å². The van der Waals surface area contributed by atoms with Crippen LogP contribution in [0.4, 0.5) is 0 Å². The number of ketones is 1. The van der Waals surface area contributed by atoms with E-state index in [2.05, 4.69) is 5.32 Å². The highest BCUT2D eigenvalue weighted by atomic mass is 32.2. The molecule has 0 bridgehead atoms. The molecule has 172 valence electrons. The minimum atomic E-state index is -0.217. The number of ether oxygens (including phenoxy) is 1. The Labute approximate surface area is 196 Å². The maximum Gasteiger partial charge on any atom is 0.262 e. The van der Waals surface area contributed by atoms with Crippen molar-refractivity contribution in [1.29, 1.82) is 0 Å². The number of nitrogens with zero attached hydrogens (tertiary/aromatic N) is 2. The minimum Gasteiger partial charge on any atom is -0.376 e. The predicted octanol–water partition coefficient (Wildman–Crippen LogP) is 3.69. The first-order chi connectivity index (χ1) is 15.9. The van der Waals surface area contributed by atoms with Crippen LogP contribution >= 0.6 is 11.8 Å². The molecule has 7 nitrogen and oxygen atoms in total. The smallest absolute Gasteiger partial charge is 0.262 e. The number of benzene rings is 2. The number of hydrogen-bond acceptors (Lipinski definition) is 6. The fourth-order valence-electron chi connectivity index (χ4n) is 3.79. The van der Waals surface area contributed by atoms with Gasteiger partial charge in [0.1, 0.15) is 0 Å². The summed E-state index contributed by atoms with van der Waals surface area (Å²) in [5.41, 5.74) is 1.30. The molecule has 1 aromatic heterocycles. The maximum absolute atomic E-state index is 13.4. The summed E-state index contributed by atoms with van der Waals surface area (Å²) in [4.78, 5) is 43.2. The van der Waals surface area contributed by atoms with Crippen molar-refractivity contribution in [2.24, 2.45) is 0 Å². The van der Waals surface area contributed by atoms with E-state index in [0.717, 1.165) is 12.8 Å². The molecular weight excluding hydrogens is 438 g/mol. The highest BCUT2D eigenvalue weighted by Crippen LogP contribution is 2.22. The monoisotopic (exact) mass is 465 g/mol. The van der Waals surface area contributed by atoms with E-state index in [1.807, 2.05) is 32.0 Å². The van der Waals surface area contributed by atoms with Crippen LogP contribution in [0.5, 0.6) is 0 Å². The van der Waals surface area contributed by atoms with Gasteiger partial charge < -0.3 is 10.1 Å². The van der Waals surface area contributed by atoms with Crippen molar-refractivity contribution >= 4 is 34.4 Å². The fraction of sp³-hybridized carbons (Fsp3) is 0.360. The molecule has 1 fully saturated rings. The number of amides is 1. The van der Waals surface area contributed by atoms with Gasteiger partial charge in [-0.2, -0.15) is 0 Å². The summed E-state index contributed by atoms with van der Waals surface area (Å²) in [5.74, 6) is -0.101. The molecule has 1 aliphatic rings. The van der Waals surface area contributed by atoms with Crippen molar-refractivity contribution in [3.63, 3.8) is 0 Å². The van der Waals surface area contributed by atoms with Gasteiger partial charge in [0.25, 0.3) is 11.5 Å². The first-order valence-electron chi connectivity index (χ1n) is 11.1. The third kappa shape index (κ3) is 5.51. The van der Waals surface area contributed by atoms with Gasteiger partial charge in [0.05, 0.1) is 29.3 Å². The first kappa shape index (κ1) is 23.2. The highest BCUT2D eigenvalue weighted by Gasteiger charge is 2.21. The average Bonchev–Trinajstić information content (AvgIpc) is 3.32. The van der Waals surface area contributed by atoms with Crippen molar-refractivity contribution in [3.05, 3.63) is 70.0 Å². The molecule has 0 spiro atoms. The van der Waals surface area contributed by atoms with Gasteiger partial charge in [-0.1, -0.05) is 42.1 Å². The second kappa shape index (κ2) is 10.3. The number of carbonyl (C=O) groups is 2. The third-order valence-electron chi connectivity index (χ3n) is 5.44. The summed E-state index contributed by atoms with van der Waals surface area (Å²) in [7, 11) is 0. The van der Waals surface area contributed by atoms with Gasteiger partial charge in [0.15, 0.2) is 10.9 Å². The summed E-state index contributed by atoms with van der Waals surface area (Å²) >= 11 is 1.23. The quantitative estimate of drug-likeness (QED) is 0.310. The van der Waals surface area contributed by atoms with Crippen molar-refractivity contribution in [2.45, 2.75) is 50.5 Å². The van der Waals surface area contributed by atoms with E-state index in [1.54, 1.807) is 34.9 Å². The van der Waals surface area contributed by atoms with Crippen molar-refractivity contribution in [1.82, 2.24) is 14.9 Å². The van der Waals surface area contributed by atoms with Gasteiger partial charge in [0.2, 0.25) is 0 Å². The van der Waals surface area contributed by atoms with Crippen LogP contribution in [0, 0.1) is 0 Å². The Kier molecular flexibility index (Phi) is 7.25. The Morgan fingerprint density at radius 3 is 2.67 bits per heavy atom. The van der Waals surface area contributed by atoms with Crippen LogP contribution in [-0.2, 0) is 11.3 Å². The molecule has 8 heteroatoms. The predicted molar refractivity (Wildman–Crippen MR) is 129 cm³/mol. The zero-order chi connectivity index (χ0) is 23.4. The van der Waals surface area contributed by atoms with E-state index in [9.17, 15) is 14.4 Å². The molecule has 4 rings (SSSR count). The summed E-state index contributed by atoms with van der Waals surface area (Å²) in [6.45, 7) is 4.85. The van der Waals surface area contributed by atoms with Crippen molar-refractivity contribution in [3.8, 4) is 0 Å². The van der Waals surface area contributed by atoms with Crippen LogP contribution in [0.2, 0.25) is 0 Å². The molecule has 3 aromatic rings. The number of rotatable bonds is 8. The Bertz CT molecular complexity index is 1220. The SMILES string of the molecule is CC(C)NC(=O)c1ccc2c(=O)n(C[C@@H]3CCCO3)c(SCC(=O)c3ccccc3)nc2c1. The molecule has 0 aliphatic carbocycles. The molecule has 2 aromatic carbocycles. The Hall–Kier alpha value is -2.97. The number of fused-ring (bicyclic) bond motifs is 1. The maximum atomic E-state index is 13.4. The van der Waals surface area contributed by atoms with Crippen LogP contribution in [0.1, 0.15) is 47.4 Å². The van der Waals surface area contributed by atoms with Gasteiger partial charge in [-0.05, 0) is 44.9 Å². The highest BCUT2D eigenvalue weighted by molar-refractivity contribution is 7.99. The molecule has 1 N–H and O–H groups in total. The molecule has 1 aliphatic heterocycles. The molecule has 1 amide bonds. The van der Waals surface area contributed by atoms with E-state index >= 15 is 0 Å². The van der Waals surface area contributed by atoms with E-state index in [4.69, 9.17) is 9.72 Å². The topological polar surface area (TPSA) is 90.3 Å². The van der Waals surface area contributed by atoms with E-state index in [0.29, 0.717) is 40.3 Å². The summed E-state index contributed by atoms with van der Waals surface area (Å²) in [6.07, 6.45) is 1.79. The normalized spacial score (nSPS) is 15.8. The van der Waals surface area contributed by atoms with E-state index < -0.39 is 0 Å². The van der Waals surface area contributed by atoms with Gasteiger partial charge in [-0.25, -0.2) is 4.98 Å². The zero-order valence-electron chi connectivity index (χ0n) is 18.7. The van der Waals surface area contributed by atoms with Crippen LogP contribution < -0.4 is 10.9 Å². The molecule has 0 saturated carbocycles. The fourth-order valence-corrected chi connectivity index (χ4v) is 4.69. The van der Waals surface area contributed by atoms with E-state index in [-0.39, 0.29) is 35.1 Å². The van der Waals surface area contributed by atoms with Gasteiger partial charge >= 0.3 is 0 Å². The molecule has 2 heterocycles. The first-order valence-corrected chi connectivity index (χ1v) is 12.1. The summed E-state index contributed by atoms with van der Waals surface area (Å²) in [6, 6.07) is 14.0. The van der Waals surface area contributed by atoms with Crippen molar-refractivity contribution in [2.75, 3.05) is 12.4 Å². The number of carbonyl (C=O) groups excluding carboxylic acids is 2. The van der Waals surface area contributed by atoms with E-state index in [1.165, 1.54) is 11.8 Å². The van der Waals surface area contributed by atoms with Crippen LogP contribution in [0.25, 0.3) is 10.9 Å². The lowest BCUT2D eigenvalue weighted by molar-refractivity contribution is 0.0936. The zero-order valence-corrected chi connectivity index (χ0v) is 19.6. The van der Waals surface area contributed by atoms with Crippen molar-refractivity contribution < 1.29 is 14.3 Å². The third-order valence-corrected chi connectivity index (χ3v) is 6.42. The number of Topliss-reactive ketones (excluding diaryl/α,β-unsaturated/α-hetero) is 1. The lowest BCUT2D eigenvalue weighted by Crippen LogP contribution is -2.31.